The van der Waals surface area contributed by atoms with Gasteiger partial charge in [-0.25, -0.2) is 0 Å². The van der Waals surface area contributed by atoms with Crippen LogP contribution in [0.1, 0.15) is 19.4 Å². The highest BCUT2D eigenvalue weighted by molar-refractivity contribution is 5.93. The van der Waals surface area contributed by atoms with Crippen LogP contribution in [-0.4, -0.2) is 30.4 Å². The molecule has 1 saturated heterocycles. The first-order chi connectivity index (χ1) is 10.1. The van der Waals surface area contributed by atoms with Crippen molar-refractivity contribution in [1.82, 2.24) is 0 Å². The van der Waals surface area contributed by atoms with Crippen LogP contribution in [0, 0.1) is 5.92 Å². The normalized spacial score (nSPS) is 30.4. The molecule has 0 radical (unpaired) electrons. The number of ketones is 1. The maximum Gasteiger partial charge on any atom is 0.164 e. The highest BCUT2D eigenvalue weighted by Crippen LogP contribution is 2.35. The molecule has 1 aliphatic heterocycles. The predicted octanol–water partition coefficient (Wildman–Crippen LogP) is 2.48. The van der Waals surface area contributed by atoms with E-state index in [1.807, 2.05) is 44.2 Å². The second kappa shape index (κ2) is 5.72. The molecule has 1 aromatic rings. The SMILES string of the molecule is CC1(C)O[C@H]2[C@H](C=CC(=O)[C@@H]2COCc2ccccc2)O1. The second-order valence-corrected chi connectivity index (χ2v) is 5.93. The van der Waals surface area contributed by atoms with Crippen molar-refractivity contribution in [3.63, 3.8) is 0 Å². The van der Waals surface area contributed by atoms with E-state index in [0.29, 0.717) is 13.2 Å². The molecule has 0 bridgehead atoms. The Bertz CT molecular complexity index is 535. The fraction of sp³-hybridized carbons (Fsp3) is 0.471. The highest BCUT2D eigenvalue weighted by Gasteiger charge is 2.47. The second-order valence-electron chi connectivity index (χ2n) is 5.93. The molecule has 3 rings (SSSR count). The molecule has 0 saturated carbocycles. The van der Waals surface area contributed by atoms with Crippen LogP contribution in [0.5, 0.6) is 0 Å². The van der Waals surface area contributed by atoms with Gasteiger partial charge >= 0.3 is 0 Å². The number of benzene rings is 1. The molecule has 0 spiro atoms. The maximum atomic E-state index is 12.1. The van der Waals surface area contributed by atoms with Crippen LogP contribution >= 0.6 is 0 Å². The molecule has 0 N–H and O–H groups in total. The number of carbonyl (C=O) groups excluding carboxylic acids is 1. The first kappa shape index (κ1) is 14.4. The summed E-state index contributed by atoms with van der Waals surface area (Å²) < 4.78 is 17.4. The van der Waals surface area contributed by atoms with Gasteiger partial charge in [-0.15, -0.1) is 0 Å². The average molecular weight is 288 g/mol. The smallest absolute Gasteiger partial charge is 0.164 e. The van der Waals surface area contributed by atoms with Crippen LogP contribution in [-0.2, 0) is 25.6 Å². The molecule has 3 atom stereocenters. The van der Waals surface area contributed by atoms with Crippen molar-refractivity contribution >= 4 is 5.78 Å². The molecule has 0 aromatic heterocycles. The van der Waals surface area contributed by atoms with Gasteiger partial charge in [0.25, 0.3) is 0 Å². The van der Waals surface area contributed by atoms with Crippen LogP contribution in [0.25, 0.3) is 0 Å². The molecular formula is C17H20O4. The molecule has 1 heterocycles. The standard InChI is InChI=1S/C17H20O4/c1-17(2)20-15-9-8-14(18)13(16(15)21-17)11-19-10-12-6-4-3-5-7-12/h3-9,13,15-16H,10-11H2,1-2H3/t13-,15-,16+/m0/s1. The van der Waals surface area contributed by atoms with Crippen molar-refractivity contribution in [3.8, 4) is 0 Å². The molecule has 0 amide bonds. The molecule has 0 unspecified atom stereocenters. The number of rotatable bonds is 4. The van der Waals surface area contributed by atoms with Gasteiger partial charge in [-0.2, -0.15) is 0 Å². The topological polar surface area (TPSA) is 44.8 Å². The highest BCUT2D eigenvalue weighted by atomic mass is 16.8. The van der Waals surface area contributed by atoms with E-state index >= 15 is 0 Å². The summed E-state index contributed by atoms with van der Waals surface area (Å²) in [5.41, 5.74) is 1.09. The molecule has 4 heteroatoms. The summed E-state index contributed by atoms with van der Waals surface area (Å²) in [7, 11) is 0. The molecule has 21 heavy (non-hydrogen) atoms. The van der Waals surface area contributed by atoms with Crippen molar-refractivity contribution in [2.24, 2.45) is 5.92 Å². The van der Waals surface area contributed by atoms with E-state index in [-0.39, 0.29) is 23.9 Å². The summed E-state index contributed by atoms with van der Waals surface area (Å²) in [5.74, 6) is -0.904. The first-order valence-corrected chi connectivity index (χ1v) is 7.24. The third kappa shape index (κ3) is 3.23. The summed E-state index contributed by atoms with van der Waals surface area (Å²) in [4.78, 5) is 12.1. The maximum absolute atomic E-state index is 12.1. The van der Waals surface area contributed by atoms with Gasteiger partial charge < -0.3 is 14.2 Å². The Labute approximate surface area is 124 Å². The van der Waals surface area contributed by atoms with Gasteiger partial charge in [0, 0.05) is 0 Å². The van der Waals surface area contributed by atoms with Crippen LogP contribution in [0.15, 0.2) is 42.5 Å². The van der Waals surface area contributed by atoms with E-state index in [0.717, 1.165) is 5.56 Å². The number of allylic oxidation sites excluding steroid dienone is 1. The summed E-state index contributed by atoms with van der Waals surface area (Å²) in [6.07, 6.45) is 2.95. The van der Waals surface area contributed by atoms with Gasteiger partial charge in [-0.05, 0) is 31.6 Å². The summed E-state index contributed by atoms with van der Waals surface area (Å²) in [6.45, 7) is 4.58. The third-order valence-electron chi connectivity index (χ3n) is 3.78. The Morgan fingerprint density at radius 1 is 1.19 bits per heavy atom. The molecule has 4 nitrogen and oxygen atoms in total. The molecule has 1 aromatic carbocycles. The quantitative estimate of drug-likeness (QED) is 0.854. The van der Waals surface area contributed by atoms with Gasteiger partial charge in [0.1, 0.15) is 12.2 Å². The fourth-order valence-electron chi connectivity index (χ4n) is 2.81. The Kier molecular flexibility index (Phi) is 3.93. The number of fused-ring (bicyclic) bond motifs is 1. The minimum Gasteiger partial charge on any atom is -0.376 e. The van der Waals surface area contributed by atoms with Gasteiger partial charge in [-0.1, -0.05) is 30.3 Å². The molecule has 112 valence electrons. The molecule has 1 aliphatic carbocycles. The largest absolute Gasteiger partial charge is 0.376 e. The van der Waals surface area contributed by atoms with Gasteiger partial charge in [0.2, 0.25) is 0 Å². The lowest BCUT2D eigenvalue weighted by Gasteiger charge is -2.26. The number of hydrogen-bond acceptors (Lipinski definition) is 4. The number of hydrogen-bond donors (Lipinski definition) is 0. The van der Waals surface area contributed by atoms with Crippen molar-refractivity contribution < 1.29 is 19.0 Å². The lowest BCUT2D eigenvalue weighted by molar-refractivity contribution is -0.153. The zero-order valence-corrected chi connectivity index (χ0v) is 12.3. The van der Waals surface area contributed by atoms with Gasteiger partial charge in [0.15, 0.2) is 11.6 Å². The van der Waals surface area contributed by atoms with E-state index in [4.69, 9.17) is 14.2 Å². The van der Waals surface area contributed by atoms with Crippen LogP contribution in [0.2, 0.25) is 0 Å². The Morgan fingerprint density at radius 2 is 1.95 bits per heavy atom. The van der Waals surface area contributed by atoms with Crippen molar-refractivity contribution in [3.05, 3.63) is 48.0 Å². The Morgan fingerprint density at radius 3 is 2.71 bits per heavy atom. The van der Waals surface area contributed by atoms with E-state index < -0.39 is 5.79 Å². The Balaban J connectivity index is 1.61. The molecule has 1 fully saturated rings. The van der Waals surface area contributed by atoms with Gasteiger partial charge in [-0.3, -0.25) is 4.79 Å². The number of carbonyl (C=O) groups is 1. The van der Waals surface area contributed by atoms with Crippen molar-refractivity contribution in [2.75, 3.05) is 6.61 Å². The van der Waals surface area contributed by atoms with Crippen molar-refractivity contribution in [1.29, 1.82) is 0 Å². The van der Waals surface area contributed by atoms with Crippen LogP contribution in [0.3, 0.4) is 0 Å². The third-order valence-corrected chi connectivity index (χ3v) is 3.78. The minimum atomic E-state index is -0.651. The molecular weight excluding hydrogens is 268 g/mol. The van der Waals surface area contributed by atoms with E-state index in [1.54, 1.807) is 12.2 Å². The lowest BCUT2D eigenvalue weighted by Crippen LogP contribution is -2.40. The van der Waals surface area contributed by atoms with Crippen LogP contribution in [0.4, 0.5) is 0 Å². The van der Waals surface area contributed by atoms with E-state index in [2.05, 4.69) is 0 Å². The monoisotopic (exact) mass is 288 g/mol. The number of ether oxygens (including phenoxy) is 3. The van der Waals surface area contributed by atoms with Crippen LogP contribution < -0.4 is 0 Å². The lowest BCUT2D eigenvalue weighted by atomic mass is 9.89. The van der Waals surface area contributed by atoms with E-state index in [9.17, 15) is 4.79 Å². The minimum absolute atomic E-state index is 0.0469. The Hall–Kier alpha value is -1.49. The van der Waals surface area contributed by atoms with Crippen molar-refractivity contribution in [2.45, 2.75) is 38.4 Å². The molecule has 2 aliphatic rings. The zero-order valence-electron chi connectivity index (χ0n) is 12.3. The summed E-state index contributed by atoms with van der Waals surface area (Å²) >= 11 is 0. The van der Waals surface area contributed by atoms with E-state index in [1.165, 1.54) is 0 Å². The summed E-state index contributed by atoms with van der Waals surface area (Å²) in [6, 6.07) is 9.92. The first-order valence-electron chi connectivity index (χ1n) is 7.24. The average Bonchev–Trinajstić information content (AvgIpc) is 2.77. The zero-order chi connectivity index (χ0) is 14.9. The predicted molar refractivity (Wildman–Crippen MR) is 77.6 cm³/mol. The summed E-state index contributed by atoms with van der Waals surface area (Å²) in [5, 5.41) is 0. The van der Waals surface area contributed by atoms with Gasteiger partial charge in [0.05, 0.1) is 19.1 Å². The fourth-order valence-corrected chi connectivity index (χ4v) is 2.81.